The molecule has 0 spiro atoms. The van der Waals surface area contributed by atoms with Crippen LogP contribution in [-0.4, -0.2) is 41.1 Å². The van der Waals surface area contributed by atoms with E-state index in [2.05, 4.69) is 10.3 Å². The maximum absolute atomic E-state index is 11.9. The monoisotopic (exact) mass is 333 g/mol. The summed E-state index contributed by atoms with van der Waals surface area (Å²) in [5, 5.41) is 2.88. The molecule has 1 aromatic rings. The van der Waals surface area contributed by atoms with Crippen LogP contribution in [0.2, 0.25) is 10.3 Å². The first kappa shape index (κ1) is 17.5. The van der Waals surface area contributed by atoms with Gasteiger partial charge in [0.2, 0.25) is 0 Å². The Morgan fingerprint density at radius 2 is 1.81 bits per heavy atom. The molecule has 1 rings (SSSR count). The molecule has 1 N–H and O–H groups in total. The maximum atomic E-state index is 11.9. The highest BCUT2D eigenvalue weighted by Crippen LogP contribution is 2.18. The van der Waals surface area contributed by atoms with Crippen LogP contribution in [0.15, 0.2) is 12.1 Å². The highest BCUT2D eigenvalue weighted by molar-refractivity contribution is 6.32. The molecular formula is C13H17Cl2N3O3. The number of likely N-dealkylation sites (N-methyl/N-ethyl adjacent to an activating group) is 1. The van der Waals surface area contributed by atoms with Crippen LogP contribution in [0, 0.1) is 0 Å². The number of urea groups is 1. The van der Waals surface area contributed by atoms with Crippen LogP contribution < -0.4 is 5.32 Å². The van der Waals surface area contributed by atoms with Crippen LogP contribution in [-0.2, 0) is 9.53 Å². The number of nitrogens with one attached hydrogen (secondary N) is 1. The highest BCUT2D eigenvalue weighted by Gasteiger charge is 2.20. The molecular weight excluding hydrogens is 317 g/mol. The number of carbonyl (C=O) groups excluding carboxylic acids is 2. The normalized spacial score (nSPS) is 11.0. The number of aromatic nitrogens is 1. The zero-order valence-corrected chi connectivity index (χ0v) is 13.7. The first-order valence-corrected chi connectivity index (χ1v) is 6.89. The molecule has 0 aliphatic heterocycles. The first-order valence-electron chi connectivity index (χ1n) is 6.14. The molecule has 0 saturated carbocycles. The predicted molar refractivity (Wildman–Crippen MR) is 81.8 cm³/mol. The molecule has 0 fully saturated rings. The molecule has 0 bridgehead atoms. The molecule has 8 heteroatoms. The summed E-state index contributed by atoms with van der Waals surface area (Å²) >= 11 is 11.5. The standard InChI is InChI=1S/C13H17Cl2N3O3/c1-13(2,3)21-11(19)7-18(4)12(20)16-8-5-9(14)17-10(15)6-8/h5-6H,7H2,1-4H3,(H,16,17,20). The van der Waals surface area contributed by atoms with Crippen LogP contribution in [0.1, 0.15) is 20.8 Å². The van der Waals surface area contributed by atoms with Gasteiger partial charge in [-0.3, -0.25) is 4.79 Å². The van der Waals surface area contributed by atoms with Crippen molar-refractivity contribution in [1.29, 1.82) is 0 Å². The van der Waals surface area contributed by atoms with Crippen molar-refractivity contribution in [2.45, 2.75) is 26.4 Å². The van der Waals surface area contributed by atoms with Gasteiger partial charge in [0.15, 0.2) is 0 Å². The lowest BCUT2D eigenvalue weighted by atomic mass is 10.2. The molecule has 0 unspecified atom stereocenters. The van der Waals surface area contributed by atoms with E-state index in [1.54, 1.807) is 20.8 Å². The van der Waals surface area contributed by atoms with Crippen molar-refractivity contribution in [3.63, 3.8) is 0 Å². The number of carbonyl (C=O) groups is 2. The lowest BCUT2D eigenvalue weighted by molar-refractivity contribution is -0.155. The number of pyridine rings is 1. The van der Waals surface area contributed by atoms with E-state index in [4.69, 9.17) is 27.9 Å². The van der Waals surface area contributed by atoms with Crippen molar-refractivity contribution in [1.82, 2.24) is 9.88 Å². The molecule has 116 valence electrons. The Kier molecular flexibility index (Phi) is 5.80. The predicted octanol–water partition coefficient (Wildman–Crippen LogP) is 3.19. The van der Waals surface area contributed by atoms with Crippen molar-refractivity contribution in [2.75, 3.05) is 18.9 Å². The zero-order chi connectivity index (χ0) is 16.2. The maximum Gasteiger partial charge on any atom is 0.326 e. The Morgan fingerprint density at radius 3 is 2.29 bits per heavy atom. The third-order valence-corrected chi connectivity index (χ3v) is 2.53. The van der Waals surface area contributed by atoms with Gasteiger partial charge < -0.3 is 15.0 Å². The summed E-state index contributed by atoms with van der Waals surface area (Å²) in [5.74, 6) is -0.494. The van der Waals surface area contributed by atoms with Gasteiger partial charge in [0, 0.05) is 12.7 Å². The highest BCUT2D eigenvalue weighted by atomic mass is 35.5. The summed E-state index contributed by atoms with van der Waals surface area (Å²) < 4.78 is 5.13. The lowest BCUT2D eigenvalue weighted by Gasteiger charge is -2.22. The van der Waals surface area contributed by atoms with Gasteiger partial charge in [-0.25, -0.2) is 9.78 Å². The molecule has 0 radical (unpaired) electrons. The van der Waals surface area contributed by atoms with Gasteiger partial charge in [0.1, 0.15) is 22.5 Å². The number of anilines is 1. The molecule has 0 atom stereocenters. The molecule has 2 amide bonds. The summed E-state index contributed by atoms with van der Waals surface area (Å²) in [6.45, 7) is 5.10. The van der Waals surface area contributed by atoms with Gasteiger partial charge in [-0.2, -0.15) is 0 Å². The molecule has 6 nitrogen and oxygen atoms in total. The SMILES string of the molecule is CN(CC(=O)OC(C)(C)C)C(=O)Nc1cc(Cl)nc(Cl)c1. The summed E-state index contributed by atoms with van der Waals surface area (Å²) in [6.07, 6.45) is 0. The van der Waals surface area contributed by atoms with E-state index < -0.39 is 17.6 Å². The minimum Gasteiger partial charge on any atom is -0.459 e. The largest absolute Gasteiger partial charge is 0.459 e. The average molecular weight is 334 g/mol. The van der Waals surface area contributed by atoms with Crippen LogP contribution in [0.25, 0.3) is 0 Å². The van der Waals surface area contributed by atoms with E-state index >= 15 is 0 Å². The summed E-state index contributed by atoms with van der Waals surface area (Å²) in [5.41, 5.74) is -0.207. The molecule has 0 aliphatic carbocycles. The summed E-state index contributed by atoms with van der Waals surface area (Å²) in [6, 6.07) is 2.42. The Hall–Kier alpha value is -1.53. The molecule has 0 aliphatic rings. The Balaban J connectivity index is 2.60. The summed E-state index contributed by atoms with van der Waals surface area (Å²) in [7, 11) is 1.48. The van der Waals surface area contributed by atoms with Crippen LogP contribution in [0.4, 0.5) is 10.5 Å². The van der Waals surface area contributed by atoms with Gasteiger partial charge in [0.05, 0.1) is 0 Å². The summed E-state index contributed by atoms with van der Waals surface area (Å²) in [4.78, 5) is 28.5. The number of hydrogen-bond donors (Lipinski definition) is 1. The number of rotatable bonds is 3. The van der Waals surface area contributed by atoms with E-state index in [1.165, 1.54) is 24.1 Å². The van der Waals surface area contributed by atoms with Crippen LogP contribution in [0.3, 0.4) is 0 Å². The van der Waals surface area contributed by atoms with Crippen molar-refractivity contribution in [3.8, 4) is 0 Å². The second-order valence-corrected chi connectivity index (χ2v) is 6.15. The Labute approximate surface area is 133 Å². The van der Waals surface area contributed by atoms with E-state index in [0.29, 0.717) is 5.69 Å². The molecule has 1 aromatic heterocycles. The van der Waals surface area contributed by atoms with E-state index in [-0.39, 0.29) is 16.9 Å². The van der Waals surface area contributed by atoms with E-state index in [9.17, 15) is 9.59 Å². The third-order valence-electron chi connectivity index (χ3n) is 2.15. The molecule has 0 saturated heterocycles. The zero-order valence-electron chi connectivity index (χ0n) is 12.2. The minimum absolute atomic E-state index is 0.160. The van der Waals surface area contributed by atoms with Gasteiger partial charge in [-0.05, 0) is 32.9 Å². The molecule has 1 heterocycles. The van der Waals surface area contributed by atoms with Crippen molar-refractivity contribution in [2.24, 2.45) is 0 Å². The average Bonchev–Trinajstić information content (AvgIpc) is 2.24. The van der Waals surface area contributed by atoms with Gasteiger partial charge in [-0.1, -0.05) is 23.2 Å². The number of hydrogen-bond acceptors (Lipinski definition) is 4. The number of nitrogens with zero attached hydrogens (tertiary/aromatic N) is 2. The fourth-order valence-corrected chi connectivity index (χ4v) is 1.86. The quantitative estimate of drug-likeness (QED) is 0.681. The number of esters is 1. The second kappa shape index (κ2) is 6.95. The Bertz CT molecular complexity index is 524. The lowest BCUT2D eigenvalue weighted by Crippen LogP contribution is -2.38. The minimum atomic E-state index is -0.597. The van der Waals surface area contributed by atoms with Gasteiger partial charge in [0.25, 0.3) is 0 Å². The van der Waals surface area contributed by atoms with Crippen LogP contribution >= 0.6 is 23.2 Å². The fourth-order valence-electron chi connectivity index (χ4n) is 1.40. The topological polar surface area (TPSA) is 71.5 Å². The van der Waals surface area contributed by atoms with E-state index in [1.807, 2.05) is 0 Å². The number of ether oxygens (including phenoxy) is 1. The second-order valence-electron chi connectivity index (χ2n) is 5.37. The number of halogens is 2. The molecule has 21 heavy (non-hydrogen) atoms. The van der Waals surface area contributed by atoms with Gasteiger partial charge >= 0.3 is 12.0 Å². The number of amides is 2. The fraction of sp³-hybridized carbons (Fsp3) is 0.462. The van der Waals surface area contributed by atoms with Crippen LogP contribution in [0.5, 0.6) is 0 Å². The van der Waals surface area contributed by atoms with Crippen molar-refractivity contribution in [3.05, 3.63) is 22.4 Å². The molecule has 0 aromatic carbocycles. The first-order chi connectivity index (χ1) is 9.56. The van der Waals surface area contributed by atoms with Crippen molar-refractivity contribution >= 4 is 40.9 Å². The third kappa shape index (κ3) is 6.64. The van der Waals surface area contributed by atoms with Gasteiger partial charge in [-0.15, -0.1) is 0 Å². The smallest absolute Gasteiger partial charge is 0.326 e. The van der Waals surface area contributed by atoms with Crippen molar-refractivity contribution < 1.29 is 14.3 Å². The van der Waals surface area contributed by atoms with E-state index in [0.717, 1.165) is 0 Å². The Morgan fingerprint density at radius 1 is 1.29 bits per heavy atom.